The van der Waals surface area contributed by atoms with E-state index >= 15 is 0 Å². The van der Waals surface area contributed by atoms with Crippen LogP contribution in [-0.2, 0) is 21.0 Å². The van der Waals surface area contributed by atoms with Crippen molar-refractivity contribution < 1.29 is 12.8 Å². The van der Waals surface area contributed by atoms with E-state index in [0.29, 0.717) is 19.2 Å². The number of benzene rings is 2. The Kier molecular flexibility index (Phi) is 8.87. The molecule has 2 aromatic rings. The maximum absolute atomic E-state index is 13.4. The molecule has 0 amide bonds. The average Bonchev–Trinajstić information content (AvgIpc) is 3.24. The minimum absolute atomic E-state index is 0.179. The normalized spacial score (nSPS) is 17.1. The van der Waals surface area contributed by atoms with Crippen LogP contribution in [0.15, 0.2) is 59.5 Å². The standard InChI is InChI=1S/C28H40N2O3SSi/c1-24-15-17-27(18-16-24)34(31,32)30(22-25-12-8-7-9-13-25)21-11-20-29-19-10-14-26(29)23-33-35(5,6)28(2,3)4/h7-9,12-13,15-18,26H,10,14,19-20,22-23H2,1-6H3/t26-/m0/s1. The Bertz CT molecular complexity index is 1130. The maximum atomic E-state index is 13.4. The number of sulfonamides is 1. The molecule has 0 radical (unpaired) electrons. The maximum Gasteiger partial charge on any atom is 0.271 e. The minimum atomic E-state index is -3.75. The van der Waals surface area contributed by atoms with Gasteiger partial charge in [-0.25, -0.2) is 12.7 Å². The lowest BCUT2D eigenvalue weighted by Gasteiger charge is -2.37. The topological polar surface area (TPSA) is 49.9 Å². The fourth-order valence-corrected chi connectivity index (χ4v) is 6.09. The quantitative estimate of drug-likeness (QED) is 0.261. The van der Waals surface area contributed by atoms with E-state index in [1.165, 1.54) is 4.31 Å². The number of rotatable bonds is 8. The molecule has 0 aliphatic carbocycles. The van der Waals surface area contributed by atoms with Crippen LogP contribution in [0.3, 0.4) is 0 Å². The zero-order chi connectivity index (χ0) is 25.7. The summed E-state index contributed by atoms with van der Waals surface area (Å²) in [6, 6.07) is 19.9. The van der Waals surface area contributed by atoms with E-state index in [0.717, 1.165) is 30.5 Å². The van der Waals surface area contributed by atoms with Crippen molar-refractivity contribution in [3.05, 3.63) is 65.7 Å². The van der Waals surface area contributed by atoms with Gasteiger partial charge in [0, 0.05) is 18.7 Å². The molecule has 1 heterocycles. The molecule has 5 nitrogen and oxygen atoms in total. The highest BCUT2D eigenvalue weighted by molar-refractivity contribution is 7.89. The van der Waals surface area contributed by atoms with Crippen molar-refractivity contribution in [2.24, 2.45) is 0 Å². The number of hydrogen-bond acceptors (Lipinski definition) is 4. The predicted octanol–water partition coefficient (Wildman–Crippen LogP) is 5.63. The highest BCUT2D eigenvalue weighted by Crippen LogP contribution is 2.37. The van der Waals surface area contributed by atoms with Crippen LogP contribution < -0.4 is 0 Å². The minimum Gasteiger partial charge on any atom is -0.415 e. The Hall–Kier alpha value is -2.11. The summed E-state index contributed by atoms with van der Waals surface area (Å²) >= 11 is 0. The Morgan fingerprint density at radius 2 is 1.74 bits per heavy atom. The van der Waals surface area contributed by atoms with Gasteiger partial charge < -0.3 is 4.43 Å². The van der Waals surface area contributed by atoms with E-state index in [2.05, 4.69) is 50.7 Å². The first-order chi connectivity index (χ1) is 16.4. The lowest BCUT2D eigenvalue weighted by molar-refractivity contribution is 0.175. The summed E-state index contributed by atoms with van der Waals surface area (Å²) in [4.78, 5) is 2.59. The zero-order valence-corrected chi connectivity index (χ0v) is 23.9. The van der Waals surface area contributed by atoms with Gasteiger partial charge in [-0.1, -0.05) is 74.7 Å². The van der Waals surface area contributed by atoms with E-state index in [4.69, 9.17) is 4.43 Å². The third-order valence-corrected chi connectivity index (χ3v) is 13.4. The summed E-state index contributed by atoms with van der Waals surface area (Å²) < 4.78 is 34.6. The van der Waals surface area contributed by atoms with E-state index in [-0.39, 0.29) is 16.5 Å². The molecule has 190 valence electrons. The number of aryl methyl sites for hydroxylation is 1. The van der Waals surface area contributed by atoms with E-state index in [1.807, 2.05) is 49.4 Å². The Labute approximate surface area is 213 Å². The molecule has 1 aliphatic rings. The van der Waals surface area contributed by atoms with Crippen LogP contribution in [0.2, 0.25) is 18.1 Å². The molecule has 35 heavy (non-hydrogen) atoms. The van der Waals surface area contributed by atoms with Crippen molar-refractivity contribution in [2.45, 2.75) is 76.2 Å². The van der Waals surface area contributed by atoms with Crippen LogP contribution >= 0.6 is 0 Å². The smallest absolute Gasteiger partial charge is 0.271 e. The molecule has 0 unspecified atom stereocenters. The highest BCUT2D eigenvalue weighted by Gasteiger charge is 2.38. The lowest BCUT2D eigenvalue weighted by Crippen LogP contribution is -2.44. The molecule has 0 N–H and O–H groups in total. The highest BCUT2D eigenvalue weighted by atomic mass is 32.2. The van der Waals surface area contributed by atoms with Gasteiger partial charge in [0.1, 0.15) is 0 Å². The molecular weight excluding hydrogens is 472 g/mol. The average molecular weight is 513 g/mol. The Morgan fingerprint density at radius 1 is 1.09 bits per heavy atom. The molecule has 0 bridgehead atoms. The van der Waals surface area contributed by atoms with Crippen molar-refractivity contribution in [3.8, 4) is 12.0 Å². The van der Waals surface area contributed by atoms with Gasteiger partial charge in [-0.2, -0.15) is 0 Å². The SMILES string of the molecule is Cc1ccc(S(=O)(=O)N(C#CCN2CCC[C@H]2CO[Si](C)(C)C(C)(C)C)Cc2ccccc2)cc1. The van der Waals surface area contributed by atoms with Crippen molar-refractivity contribution in [3.63, 3.8) is 0 Å². The number of nitrogens with zero attached hydrogens (tertiary/aromatic N) is 2. The summed E-state index contributed by atoms with van der Waals surface area (Å²) in [5.74, 6) is 3.17. The van der Waals surface area contributed by atoms with Gasteiger partial charge >= 0.3 is 0 Å². The molecule has 0 spiro atoms. The molecule has 1 aliphatic heterocycles. The van der Waals surface area contributed by atoms with Gasteiger partial charge in [-0.15, -0.1) is 0 Å². The van der Waals surface area contributed by atoms with Crippen molar-refractivity contribution in [1.29, 1.82) is 0 Å². The summed E-state index contributed by atoms with van der Waals surface area (Å²) in [6.07, 6.45) is 2.20. The van der Waals surface area contributed by atoms with E-state index in [1.54, 1.807) is 12.1 Å². The van der Waals surface area contributed by atoms with Gasteiger partial charge in [0.2, 0.25) is 0 Å². The predicted molar refractivity (Wildman–Crippen MR) is 146 cm³/mol. The van der Waals surface area contributed by atoms with Crippen LogP contribution in [0.25, 0.3) is 0 Å². The van der Waals surface area contributed by atoms with Gasteiger partial charge in [0.25, 0.3) is 10.0 Å². The molecule has 0 saturated carbocycles. The monoisotopic (exact) mass is 512 g/mol. The van der Waals surface area contributed by atoms with Gasteiger partial charge in [0.05, 0.1) is 18.0 Å². The first-order valence-electron chi connectivity index (χ1n) is 12.4. The van der Waals surface area contributed by atoms with E-state index < -0.39 is 18.3 Å². The Morgan fingerprint density at radius 3 is 2.37 bits per heavy atom. The number of hydrogen-bond donors (Lipinski definition) is 0. The van der Waals surface area contributed by atoms with Crippen molar-refractivity contribution in [1.82, 2.24) is 9.21 Å². The molecule has 1 fully saturated rings. The number of likely N-dealkylation sites (tertiary alicyclic amines) is 1. The summed E-state index contributed by atoms with van der Waals surface area (Å²) in [5, 5.41) is 0.179. The second-order valence-corrected chi connectivity index (χ2v) is 17.6. The fraction of sp³-hybridized carbons (Fsp3) is 0.500. The lowest BCUT2D eigenvalue weighted by atomic mass is 10.2. The van der Waals surface area contributed by atoms with Crippen molar-refractivity contribution in [2.75, 3.05) is 19.7 Å². The van der Waals surface area contributed by atoms with Gasteiger partial charge in [0.15, 0.2) is 8.32 Å². The van der Waals surface area contributed by atoms with Gasteiger partial charge in [-0.05, 0) is 62.1 Å². The molecule has 3 rings (SSSR count). The third-order valence-electron chi connectivity index (χ3n) is 7.21. The molecule has 7 heteroatoms. The van der Waals surface area contributed by atoms with Crippen LogP contribution in [0.5, 0.6) is 0 Å². The molecular formula is C28H40N2O3SSi. The second kappa shape index (κ2) is 11.3. The third kappa shape index (κ3) is 7.20. The van der Waals surface area contributed by atoms with E-state index in [9.17, 15) is 8.42 Å². The van der Waals surface area contributed by atoms with Crippen LogP contribution in [-0.4, -0.2) is 51.7 Å². The van der Waals surface area contributed by atoms with Crippen LogP contribution in [0.1, 0.15) is 44.7 Å². The Balaban J connectivity index is 1.75. The second-order valence-electron chi connectivity index (χ2n) is 10.9. The largest absolute Gasteiger partial charge is 0.415 e. The fourth-order valence-electron chi connectivity index (χ4n) is 3.81. The first-order valence-corrected chi connectivity index (χ1v) is 16.7. The van der Waals surface area contributed by atoms with Gasteiger partial charge in [-0.3, -0.25) is 4.90 Å². The van der Waals surface area contributed by atoms with Crippen LogP contribution in [0.4, 0.5) is 0 Å². The van der Waals surface area contributed by atoms with Crippen molar-refractivity contribution >= 4 is 18.3 Å². The summed E-state index contributed by atoms with van der Waals surface area (Å²) in [7, 11) is -5.56. The molecule has 1 saturated heterocycles. The summed E-state index contributed by atoms with van der Waals surface area (Å²) in [5.41, 5.74) is 1.92. The zero-order valence-electron chi connectivity index (χ0n) is 22.0. The molecule has 2 aromatic carbocycles. The first kappa shape index (κ1) is 27.5. The molecule has 0 aromatic heterocycles. The summed E-state index contributed by atoms with van der Waals surface area (Å²) in [6.45, 7) is 15.7. The molecule has 1 atom stereocenters. The van der Waals surface area contributed by atoms with Crippen LogP contribution in [0, 0.1) is 18.9 Å².